The van der Waals surface area contributed by atoms with E-state index in [1.807, 2.05) is 18.2 Å². The smallest absolute Gasteiger partial charge is 0.189 e. The van der Waals surface area contributed by atoms with E-state index >= 15 is 0 Å². The fraction of sp³-hybridized carbons (Fsp3) is 0.500. The summed E-state index contributed by atoms with van der Waals surface area (Å²) in [6.07, 6.45) is 4.95. The van der Waals surface area contributed by atoms with Crippen molar-refractivity contribution in [3.05, 3.63) is 35.9 Å². The van der Waals surface area contributed by atoms with Crippen LogP contribution in [-0.2, 0) is 17.7 Å². The molecule has 1 aliphatic heterocycles. The summed E-state index contributed by atoms with van der Waals surface area (Å²) in [6, 6.07) is 3.96. The van der Waals surface area contributed by atoms with Crippen LogP contribution in [0, 0.1) is 0 Å². The van der Waals surface area contributed by atoms with Crippen LogP contribution >= 0.6 is 0 Å². The first-order valence-corrected chi connectivity index (χ1v) is 8.18. The molecule has 0 bridgehead atoms. The van der Waals surface area contributed by atoms with Crippen molar-refractivity contribution in [1.82, 2.24) is 5.32 Å². The highest BCUT2D eigenvalue weighted by Crippen LogP contribution is 2.33. The van der Waals surface area contributed by atoms with Gasteiger partial charge in [-0.05, 0) is 37.0 Å². The molecule has 0 saturated carbocycles. The van der Waals surface area contributed by atoms with E-state index in [1.165, 1.54) is 0 Å². The van der Waals surface area contributed by atoms with Crippen LogP contribution in [-0.4, -0.2) is 39.4 Å². The second-order valence-electron chi connectivity index (χ2n) is 5.70. The van der Waals surface area contributed by atoms with E-state index in [4.69, 9.17) is 19.9 Å². The minimum absolute atomic E-state index is 0.235. The highest BCUT2D eigenvalue weighted by Gasteiger charge is 2.15. The molecule has 0 aliphatic carbocycles. The van der Waals surface area contributed by atoms with Gasteiger partial charge in [-0.15, -0.1) is 6.58 Å². The Morgan fingerprint density at radius 3 is 2.92 bits per heavy atom. The number of nitrogens with two attached hydrogens (primary N) is 1. The van der Waals surface area contributed by atoms with Crippen molar-refractivity contribution >= 4 is 5.96 Å². The number of methoxy groups -OCH3 is 2. The molecule has 1 aromatic rings. The number of hydrogen-bond acceptors (Lipinski definition) is 4. The zero-order valence-corrected chi connectivity index (χ0v) is 14.5. The van der Waals surface area contributed by atoms with E-state index < -0.39 is 0 Å². The molecule has 2 rings (SSSR count). The van der Waals surface area contributed by atoms with Crippen LogP contribution in [0.4, 0.5) is 0 Å². The number of nitrogens with zero attached hydrogens (tertiary/aromatic N) is 1. The first-order chi connectivity index (χ1) is 11.7. The van der Waals surface area contributed by atoms with Crippen LogP contribution in [0.15, 0.2) is 29.8 Å². The van der Waals surface area contributed by atoms with Crippen molar-refractivity contribution in [2.24, 2.45) is 10.7 Å². The Labute approximate surface area is 143 Å². The lowest BCUT2D eigenvalue weighted by molar-refractivity contribution is 0.114. The first kappa shape index (κ1) is 18.1. The summed E-state index contributed by atoms with van der Waals surface area (Å²) in [5, 5.41) is 3.12. The third kappa shape index (κ3) is 4.89. The van der Waals surface area contributed by atoms with Crippen LogP contribution in [0.3, 0.4) is 0 Å². The van der Waals surface area contributed by atoms with Crippen LogP contribution in [0.1, 0.15) is 24.0 Å². The minimum atomic E-state index is 0.235. The SMILES string of the molecule is C=CCc1cc(CN=C(N)NCC2CCCO2)cc(OC)c1OC. The standard InChI is InChI=1S/C18H27N3O3/c1-4-6-14-9-13(10-16(22-2)17(14)23-3)11-20-18(19)21-12-15-7-5-8-24-15/h4,9-10,15H,1,5-8,11-12H2,2-3H3,(H3,19,20,21). The molecular weight excluding hydrogens is 306 g/mol. The predicted molar refractivity (Wildman–Crippen MR) is 95.8 cm³/mol. The predicted octanol–water partition coefficient (Wildman–Crippen LogP) is 2.02. The molecule has 1 aromatic carbocycles. The topological polar surface area (TPSA) is 78.1 Å². The summed E-state index contributed by atoms with van der Waals surface area (Å²) < 4.78 is 16.4. The van der Waals surface area contributed by atoms with Crippen molar-refractivity contribution in [1.29, 1.82) is 0 Å². The van der Waals surface area contributed by atoms with Crippen molar-refractivity contribution < 1.29 is 14.2 Å². The molecule has 1 atom stereocenters. The molecule has 0 radical (unpaired) electrons. The molecule has 1 heterocycles. The van der Waals surface area contributed by atoms with Gasteiger partial charge in [0, 0.05) is 18.7 Å². The van der Waals surface area contributed by atoms with E-state index in [1.54, 1.807) is 14.2 Å². The van der Waals surface area contributed by atoms with E-state index in [-0.39, 0.29) is 6.10 Å². The van der Waals surface area contributed by atoms with Gasteiger partial charge in [-0.1, -0.05) is 6.08 Å². The third-order valence-electron chi connectivity index (χ3n) is 3.95. The molecule has 1 saturated heterocycles. The van der Waals surface area contributed by atoms with Gasteiger partial charge in [-0.3, -0.25) is 0 Å². The fourth-order valence-electron chi connectivity index (χ4n) is 2.76. The average molecular weight is 333 g/mol. The number of rotatable bonds is 8. The molecule has 1 fully saturated rings. The lowest BCUT2D eigenvalue weighted by Gasteiger charge is -2.14. The van der Waals surface area contributed by atoms with Crippen LogP contribution in [0.25, 0.3) is 0 Å². The molecule has 1 unspecified atom stereocenters. The molecule has 6 nitrogen and oxygen atoms in total. The summed E-state index contributed by atoms with van der Waals surface area (Å²) in [4.78, 5) is 4.39. The number of aliphatic imine (C=N–C) groups is 1. The number of ether oxygens (including phenoxy) is 3. The quantitative estimate of drug-likeness (QED) is 0.432. The average Bonchev–Trinajstić information content (AvgIpc) is 3.11. The van der Waals surface area contributed by atoms with Gasteiger partial charge in [0.05, 0.1) is 26.9 Å². The van der Waals surface area contributed by atoms with E-state index in [0.29, 0.717) is 31.2 Å². The van der Waals surface area contributed by atoms with Crippen LogP contribution < -0.4 is 20.5 Å². The van der Waals surface area contributed by atoms with Gasteiger partial charge in [0.15, 0.2) is 17.5 Å². The van der Waals surface area contributed by atoms with Crippen LogP contribution in [0.2, 0.25) is 0 Å². The highest BCUT2D eigenvalue weighted by atomic mass is 16.5. The maximum Gasteiger partial charge on any atom is 0.189 e. The number of hydrogen-bond donors (Lipinski definition) is 2. The van der Waals surface area contributed by atoms with E-state index in [9.17, 15) is 0 Å². The second-order valence-corrected chi connectivity index (χ2v) is 5.70. The summed E-state index contributed by atoms with van der Waals surface area (Å²) in [7, 11) is 3.26. The Bertz CT molecular complexity index is 581. The third-order valence-corrected chi connectivity index (χ3v) is 3.95. The monoisotopic (exact) mass is 333 g/mol. The summed E-state index contributed by atoms with van der Waals surface area (Å²) >= 11 is 0. The molecule has 132 valence electrons. The van der Waals surface area contributed by atoms with Crippen molar-refractivity contribution in [2.45, 2.75) is 31.9 Å². The molecule has 0 spiro atoms. The van der Waals surface area contributed by atoms with Crippen molar-refractivity contribution in [2.75, 3.05) is 27.4 Å². The zero-order valence-electron chi connectivity index (χ0n) is 14.5. The van der Waals surface area contributed by atoms with Gasteiger partial charge < -0.3 is 25.3 Å². The number of allylic oxidation sites excluding steroid dienone is 1. The molecular formula is C18H27N3O3. The second kappa shape index (κ2) is 9.17. The molecule has 0 aromatic heterocycles. The lowest BCUT2D eigenvalue weighted by Crippen LogP contribution is -2.37. The highest BCUT2D eigenvalue weighted by molar-refractivity contribution is 5.77. The lowest BCUT2D eigenvalue weighted by atomic mass is 10.1. The number of benzene rings is 1. The van der Waals surface area contributed by atoms with Gasteiger partial charge in [0.25, 0.3) is 0 Å². The Morgan fingerprint density at radius 1 is 1.46 bits per heavy atom. The molecule has 1 aliphatic rings. The number of guanidine groups is 1. The van der Waals surface area contributed by atoms with Crippen molar-refractivity contribution in [3.63, 3.8) is 0 Å². The largest absolute Gasteiger partial charge is 0.493 e. The van der Waals surface area contributed by atoms with Crippen LogP contribution in [0.5, 0.6) is 11.5 Å². The van der Waals surface area contributed by atoms with Gasteiger partial charge >= 0.3 is 0 Å². The molecule has 0 amide bonds. The Kier molecular flexibility index (Phi) is 6.93. The molecule has 6 heteroatoms. The van der Waals surface area contributed by atoms with Gasteiger partial charge in [0.1, 0.15) is 0 Å². The summed E-state index contributed by atoms with van der Waals surface area (Å²) in [6.45, 7) is 5.79. The summed E-state index contributed by atoms with van der Waals surface area (Å²) in [5.74, 6) is 1.84. The maximum atomic E-state index is 5.93. The van der Waals surface area contributed by atoms with Gasteiger partial charge in [-0.2, -0.15) is 0 Å². The number of nitrogens with one attached hydrogen (secondary N) is 1. The zero-order chi connectivity index (χ0) is 17.4. The Morgan fingerprint density at radius 2 is 2.29 bits per heavy atom. The Hall–Kier alpha value is -2.21. The molecule has 24 heavy (non-hydrogen) atoms. The van der Waals surface area contributed by atoms with Gasteiger partial charge in [-0.25, -0.2) is 4.99 Å². The first-order valence-electron chi connectivity index (χ1n) is 8.18. The van der Waals surface area contributed by atoms with Crippen molar-refractivity contribution in [3.8, 4) is 11.5 Å². The normalized spacial score (nSPS) is 17.6. The van der Waals surface area contributed by atoms with E-state index in [2.05, 4.69) is 16.9 Å². The molecule has 3 N–H and O–H groups in total. The van der Waals surface area contributed by atoms with E-state index in [0.717, 1.165) is 36.3 Å². The fourth-order valence-corrected chi connectivity index (χ4v) is 2.76. The van der Waals surface area contributed by atoms with Gasteiger partial charge in [0.2, 0.25) is 0 Å². The minimum Gasteiger partial charge on any atom is -0.493 e. The summed E-state index contributed by atoms with van der Waals surface area (Å²) in [5.41, 5.74) is 7.96. The Balaban J connectivity index is 2.03. The maximum absolute atomic E-state index is 5.93.